The Morgan fingerprint density at radius 3 is 2.52 bits per heavy atom. The summed E-state index contributed by atoms with van der Waals surface area (Å²) in [7, 11) is 1.61. The molecule has 1 atom stereocenters. The van der Waals surface area contributed by atoms with Crippen LogP contribution < -0.4 is 15.8 Å². The third kappa shape index (κ3) is 5.64. The molecule has 0 amide bonds. The molecule has 0 saturated carbocycles. The first-order valence-electron chi connectivity index (χ1n) is 7.59. The van der Waals surface area contributed by atoms with Gasteiger partial charge in [-0.2, -0.15) is 0 Å². The van der Waals surface area contributed by atoms with Crippen molar-refractivity contribution in [2.45, 2.75) is 12.5 Å². The minimum Gasteiger partial charge on any atom is -0.497 e. The van der Waals surface area contributed by atoms with Gasteiger partial charge in [0.05, 0.1) is 19.8 Å². The highest BCUT2D eigenvalue weighted by Gasteiger charge is 2.07. The fourth-order valence-corrected chi connectivity index (χ4v) is 2.15. The molecule has 0 radical (unpaired) electrons. The molecule has 0 fully saturated rings. The van der Waals surface area contributed by atoms with E-state index < -0.39 is 6.10 Å². The van der Waals surface area contributed by atoms with Crippen LogP contribution in [0.2, 0.25) is 0 Å². The van der Waals surface area contributed by atoms with E-state index in [-0.39, 0.29) is 6.54 Å². The maximum Gasteiger partial charge on any atom is 0.188 e. The Bertz CT molecular complexity index is 612. The molecule has 1 unspecified atom stereocenters. The van der Waals surface area contributed by atoms with Crippen molar-refractivity contribution in [2.24, 2.45) is 10.7 Å². The average Bonchev–Trinajstić information content (AvgIpc) is 2.60. The lowest BCUT2D eigenvalue weighted by molar-refractivity contribution is 0.187. The third-order valence-electron chi connectivity index (χ3n) is 3.50. The first kappa shape index (κ1) is 16.8. The van der Waals surface area contributed by atoms with Crippen molar-refractivity contribution >= 4 is 5.96 Å². The molecular weight excluding hydrogens is 290 g/mol. The van der Waals surface area contributed by atoms with Crippen LogP contribution in [0.25, 0.3) is 0 Å². The Hall–Kier alpha value is -2.53. The topological polar surface area (TPSA) is 79.9 Å². The van der Waals surface area contributed by atoms with Crippen molar-refractivity contribution in [1.82, 2.24) is 5.32 Å². The van der Waals surface area contributed by atoms with Gasteiger partial charge in [-0.1, -0.05) is 42.5 Å². The summed E-state index contributed by atoms with van der Waals surface area (Å²) in [5.74, 6) is 1.10. The Labute approximate surface area is 136 Å². The van der Waals surface area contributed by atoms with Gasteiger partial charge in [-0.15, -0.1) is 0 Å². The first-order valence-corrected chi connectivity index (χ1v) is 7.59. The van der Waals surface area contributed by atoms with Crippen LogP contribution in [0.15, 0.2) is 59.6 Å². The SMILES string of the molecule is COc1ccc(C(O)CN=C(N)NCCc2ccccc2)cc1. The van der Waals surface area contributed by atoms with Crippen LogP contribution in [-0.4, -0.2) is 31.3 Å². The van der Waals surface area contributed by atoms with E-state index >= 15 is 0 Å². The number of ether oxygens (including phenoxy) is 1. The molecule has 0 aliphatic carbocycles. The summed E-state index contributed by atoms with van der Waals surface area (Å²) in [5.41, 5.74) is 7.84. The smallest absolute Gasteiger partial charge is 0.188 e. The lowest BCUT2D eigenvalue weighted by Crippen LogP contribution is -2.33. The number of nitrogens with two attached hydrogens (primary N) is 1. The zero-order valence-corrected chi connectivity index (χ0v) is 13.3. The van der Waals surface area contributed by atoms with E-state index in [9.17, 15) is 5.11 Å². The second kappa shape index (κ2) is 8.80. The van der Waals surface area contributed by atoms with Gasteiger partial charge < -0.3 is 20.9 Å². The maximum atomic E-state index is 10.1. The number of aliphatic hydroxyl groups is 1. The van der Waals surface area contributed by atoms with E-state index in [4.69, 9.17) is 10.5 Å². The van der Waals surface area contributed by atoms with Crippen molar-refractivity contribution in [3.05, 3.63) is 65.7 Å². The maximum absolute atomic E-state index is 10.1. The van der Waals surface area contributed by atoms with Gasteiger partial charge >= 0.3 is 0 Å². The largest absolute Gasteiger partial charge is 0.497 e. The molecular formula is C18H23N3O2. The van der Waals surface area contributed by atoms with Gasteiger partial charge in [0.1, 0.15) is 5.75 Å². The van der Waals surface area contributed by atoms with Gasteiger partial charge in [0.15, 0.2) is 5.96 Å². The molecule has 2 rings (SSSR count). The molecule has 0 aliphatic heterocycles. The van der Waals surface area contributed by atoms with Crippen LogP contribution in [-0.2, 0) is 6.42 Å². The summed E-state index contributed by atoms with van der Waals surface area (Å²) in [6, 6.07) is 17.4. The number of benzene rings is 2. The Morgan fingerprint density at radius 1 is 1.17 bits per heavy atom. The number of nitrogens with zero attached hydrogens (tertiary/aromatic N) is 1. The first-order chi connectivity index (χ1) is 11.2. The zero-order chi connectivity index (χ0) is 16.5. The van der Waals surface area contributed by atoms with Crippen molar-refractivity contribution in [1.29, 1.82) is 0 Å². The molecule has 2 aromatic rings. The van der Waals surface area contributed by atoms with Gasteiger partial charge in [-0.05, 0) is 29.7 Å². The summed E-state index contributed by atoms with van der Waals surface area (Å²) in [4.78, 5) is 4.18. The lowest BCUT2D eigenvalue weighted by Gasteiger charge is -2.10. The molecule has 0 bridgehead atoms. The van der Waals surface area contributed by atoms with Crippen LogP contribution in [0, 0.1) is 0 Å². The molecule has 2 aromatic carbocycles. The van der Waals surface area contributed by atoms with Crippen molar-refractivity contribution < 1.29 is 9.84 Å². The van der Waals surface area contributed by atoms with Gasteiger partial charge in [-0.25, -0.2) is 0 Å². The van der Waals surface area contributed by atoms with Gasteiger partial charge in [0.25, 0.3) is 0 Å². The van der Waals surface area contributed by atoms with Gasteiger partial charge in [-0.3, -0.25) is 4.99 Å². The fraction of sp³-hybridized carbons (Fsp3) is 0.278. The minimum absolute atomic E-state index is 0.219. The fourth-order valence-electron chi connectivity index (χ4n) is 2.15. The highest BCUT2D eigenvalue weighted by atomic mass is 16.5. The van der Waals surface area contributed by atoms with Crippen molar-refractivity contribution in [3.8, 4) is 5.75 Å². The Kier molecular flexibility index (Phi) is 6.44. The standard InChI is InChI=1S/C18H23N3O2/c1-23-16-9-7-15(8-10-16)17(22)13-21-18(19)20-12-11-14-5-3-2-4-6-14/h2-10,17,22H,11-13H2,1H3,(H3,19,20,21). The van der Waals surface area contributed by atoms with Crippen LogP contribution in [0.5, 0.6) is 5.75 Å². The number of hydrogen-bond acceptors (Lipinski definition) is 3. The number of rotatable bonds is 7. The summed E-state index contributed by atoms with van der Waals surface area (Å²) in [6.45, 7) is 0.925. The van der Waals surface area contributed by atoms with Gasteiger partial charge in [0, 0.05) is 6.54 Å². The number of nitrogens with one attached hydrogen (secondary N) is 1. The second-order valence-electron chi connectivity index (χ2n) is 5.18. The van der Waals surface area contributed by atoms with E-state index in [0.29, 0.717) is 12.5 Å². The predicted molar refractivity (Wildman–Crippen MR) is 92.6 cm³/mol. The summed E-state index contributed by atoms with van der Waals surface area (Å²) in [6.07, 6.45) is 0.188. The summed E-state index contributed by atoms with van der Waals surface area (Å²) in [5, 5.41) is 13.2. The van der Waals surface area contributed by atoms with Crippen LogP contribution >= 0.6 is 0 Å². The van der Waals surface area contributed by atoms with Crippen LogP contribution in [0.3, 0.4) is 0 Å². The van der Waals surface area contributed by atoms with Crippen molar-refractivity contribution in [3.63, 3.8) is 0 Å². The van der Waals surface area contributed by atoms with E-state index in [1.165, 1.54) is 5.56 Å². The average molecular weight is 313 g/mol. The molecule has 5 heteroatoms. The number of hydrogen-bond donors (Lipinski definition) is 3. The van der Waals surface area contributed by atoms with Crippen LogP contribution in [0.1, 0.15) is 17.2 Å². The van der Waals surface area contributed by atoms with Gasteiger partial charge in [0.2, 0.25) is 0 Å². The molecule has 0 aromatic heterocycles. The molecule has 0 heterocycles. The Balaban J connectivity index is 1.76. The minimum atomic E-state index is -0.685. The molecule has 5 nitrogen and oxygen atoms in total. The molecule has 4 N–H and O–H groups in total. The van der Waals surface area contributed by atoms with Crippen LogP contribution in [0.4, 0.5) is 0 Å². The van der Waals surface area contributed by atoms with E-state index in [2.05, 4.69) is 22.4 Å². The molecule has 0 spiro atoms. The molecule has 23 heavy (non-hydrogen) atoms. The highest BCUT2D eigenvalue weighted by molar-refractivity contribution is 5.77. The van der Waals surface area contributed by atoms with Crippen molar-refractivity contribution in [2.75, 3.05) is 20.2 Å². The monoisotopic (exact) mass is 313 g/mol. The highest BCUT2D eigenvalue weighted by Crippen LogP contribution is 2.17. The number of aliphatic imine (C=N–C) groups is 1. The van der Waals surface area contributed by atoms with E-state index in [1.807, 2.05) is 42.5 Å². The normalized spacial score (nSPS) is 12.7. The van der Waals surface area contributed by atoms with E-state index in [1.54, 1.807) is 7.11 Å². The molecule has 122 valence electrons. The summed E-state index contributed by atoms with van der Waals surface area (Å²) >= 11 is 0. The molecule has 0 aliphatic rings. The third-order valence-corrected chi connectivity index (χ3v) is 3.50. The predicted octanol–water partition coefficient (Wildman–Crippen LogP) is 1.88. The number of aliphatic hydroxyl groups excluding tert-OH is 1. The zero-order valence-electron chi connectivity index (χ0n) is 13.3. The molecule has 0 saturated heterocycles. The lowest BCUT2D eigenvalue weighted by atomic mass is 10.1. The Morgan fingerprint density at radius 2 is 1.87 bits per heavy atom. The number of guanidine groups is 1. The summed E-state index contributed by atoms with van der Waals surface area (Å²) < 4.78 is 5.09. The van der Waals surface area contributed by atoms with E-state index in [0.717, 1.165) is 17.7 Å². The quantitative estimate of drug-likeness (QED) is 0.538. The second-order valence-corrected chi connectivity index (χ2v) is 5.18. The number of methoxy groups -OCH3 is 1.